The van der Waals surface area contributed by atoms with Crippen LogP contribution in [0.25, 0.3) is 0 Å². The topological polar surface area (TPSA) is 34.1 Å². The number of hydrogen-bond donors (Lipinski definition) is 0. The Morgan fingerprint density at radius 2 is 1.39 bits per heavy atom. The zero-order chi connectivity index (χ0) is 13.3. The number of sulfone groups is 1. The van der Waals surface area contributed by atoms with E-state index in [4.69, 9.17) is 0 Å². The first-order chi connectivity index (χ1) is 8.44. The minimum atomic E-state index is -4.19. The molecular formula is C12H7F3O2S. The van der Waals surface area contributed by atoms with E-state index in [0.717, 1.165) is 0 Å². The minimum absolute atomic E-state index is 0.185. The number of halogens is 3. The molecule has 0 aliphatic heterocycles. The fourth-order valence-corrected chi connectivity index (χ4v) is 2.78. The molecule has 0 atom stereocenters. The summed E-state index contributed by atoms with van der Waals surface area (Å²) in [6.45, 7) is 0. The van der Waals surface area contributed by atoms with E-state index in [2.05, 4.69) is 0 Å². The highest BCUT2D eigenvalue weighted by Gasteiger charge is 2.25. The maximum absolute atomic E-state index is 13.4. The highest BCUT2D eigenvalue weighted by Crippen LogP contribution is 2.25. The number of rotatable bonds is 2. The van der Waals surface area contributed by atoms with Crippen molar-refractivity contribution in [1.82, 2.24) is 0 Å². The summed E-state index contributed by atoms with van der Waals surface area (Å²) in [6.07, 6.45) is 0. The molecule has 0 saturated heterocycles. The summed E-state index contributed by atoms with van der Waals surface area (Å²) in [5, 5.41) is 0. The van der Waals surface area contributed by atoms with Crippen LogP contribution >= 0.6 is 0 Å². The van der Waals surface area contributed by atoms with Gasteiger partial charge in [-0.2, -0.15) is 0 Å². The van der Waals surface area contributed by atoms with Gasteiger partial charge in [0.05, 0.1) is 4.90 Å². The van der Waals surface area contributed by atoms with E-state index in [1.54, 1.807) is 6.07 Å². The lowest BCUT2D eigenvalue weighted by Gasteiger charge is -2.06. The van der Waals surface area contributed by atoms with Crippen molar-refractivity contribution in [1.29, 1.82) is 0 Å². The van der Waals surface area contributed by atoms with Crippen LogP contribution in [0.3, 0.4) is 0 Å². The first kappa shape index (κ1) is 12.6. The van der Waals surface area contributed by atoms with E-state index in [-0.39, 0.29) is 4.90 Å². The molecule has 0 aliphatic rings. The predicted octanol–water partition coefficient (Wildman–Crippen LogP) is 2.94. The van der Waals surface area contributed by atoms with E-state index >= 15 is 0 Å². The highest BCUT2D eigenvalue weighted by atomic mass is 32.2. The molecular weight excluding hydrogens is 265 g/mol. The normalized spacial score (nSPS) is 11.5. The standard InChI is InChI=1S/C12H7F3O2S/c13-9-6-7-10(12(15)11(9)14)18(16,17)8-4-2-1-3-5-8/h1-7H. The van der Waals surface area contributed by atoms with Crippen molar-refractivity contribution >= 4 is 9.84 Å². The van der Waals surface area contributed by atoms with Gasteiger partial charge in [-0.25, -0.2) is 21.6 Å². The van der Waals surface area contributed by atoms with E-state index in [0.29, 0.717) is 12.1 Å². The molecule has 2 aromatic rings. The van der Waals surface area contributed by atoms with Gasteiger partial charge >= 0.3 is 0 Å². The summed E-state index contributed by atoms with van der Waals surface area (Å²) in [5.41, 5.74) is 0. The third-order valence-electron chi connectivity index (χ3n) is 2.34. The fraction of sp³-hybridized carbons (Fsp3) is 0. The van der Waals surface area contributed by atoms with E-state index in [1.807, 2.05) is 0 Å². The lowest BCUT2D eigenvalue weighted by molar-refractivity contribution is 0.432. The molecule has 2 rings (SSSR count). The van der Waals surface area contributed by atoms with Crippen LogP contribution in [0.4, 0.5) is 13.2 Å². The Balaban J connectivity index is 2.67. The van der Waals surface area contributed by atoms with Crippen LogP contribution in [-0.4, -0.2) is 8.42 Å². The molecule has 94 valence electrons. The predicted molar refractivity (Wildman–Crippen MR) is 58.2 cm³/mol. The summed E-state index contributed by atoms with van der Waals surface area (Å²) in [6, 6.07) is 8.26. The largest absolute Gasteiger partial charge is 0.218 e. The Morgan fingerprint density at radius 1 is 0.778 bits per heavy atom. The molecule has 0 fully saturated rings. The molecule has 0 aliphatic carbocycles. The average molecular weight is 272 g/mol. The Bertz CT molecular complexity index is 682. The molecule has 18 heavy (non-hydrogen) atoms. The summed E-state index contributed by atoms with van der Waals surface area (Å²) in [4.78, 5) is -1.07. The lowest BCUT2D eigenvalue weighted by atomic mass is 10.3. The SMILES string of the molecule is O=S(=O)(c1ccccc1)c1ccc(F)c(F)c1F. The van der Waals surface area contributed by atoms with E-state index < -0.39 is 32.2 Å². The first-order valence-electron chi connectivity index (χ1n) is 4.88. The van der Waals surface area contributed by atoms with Gasteiger partial charge in [-0.15, -0.1) is 0 Å². The second kappa shape index (κ2) is 4.45. The minimum Gasteiger partial charge on any atom is -0.218 e. The van der Waals surface area contributed by atoms with Gasteiger partial charge in [-0.05, 0) is 24.3 Å². The van der Waals surface area contributed by atoms with Crippen molar-refractivity contribution in [3.8, 4) is 0 Å². The molecule has 2 aromatic carbocycles. The second-order valence-electron chi connectivity index (χ2n) is 3.49. The van der Waals surface area contributed by atoms with Gasteiger partial charge in [0, 0.05) is 0 Å². The molecule has 0 unspecified atom stereocenters. The summed E-state index contributed by atoms with van der Waals surface area (Å²) in [7, 11) is -4.19. The van der Waals surface area contributed by atoms with Crippen LogP contribution in [0.5, 0.6) is 0 Å². The molecule has 0 amide bonds. The van der Waals surface area contributed by atoms with Gasteiger partial charge in [0.2, 0.25) is 9.84 Å². The maximum Gasteiger partial charge on any atom is 0.209 e. The Hall–Kier alpha value is -1.82. The third kappa shape index (κ3) is 1.99. The molecule has 0 radical (unpaired) electrons. The molecule has 0 spiro atoms. The van der Waals surface area contributed by atoms with Crippen molar-refractivity contribution in [2.75, 3.05) is 0 Å². The van der Waals surface area contributed by atoms with Gasteiger partial charge in [-0.3, -0.25) is 0 Å². The quantitative estimate of drug-likeness (QED) is 0.622. The van der Waals surface area contributed by atoms with Gasteiger partial charge < -0.3 is 0 Å². The van der Waals surface area contributed by atoms with Crippen molar-refractivity contribution in [3.63, 3.8) is 0 Å². The van der Waals surface area contributed by atoms with Crippen LogP contribution in [-0.2, 0) is 9.84 Å². The molecule has 2 nitrogen and oxygen atoms in total. The number of benzene rings is 2. The molecule has 0 saturated carbocycles. The molecule has 6 heteroatoms. The van der Waals surface area contributed by atoms with Crippen LogP contribution < -0.4 is 0 Å². The maximum atomic E-state index is 13.4. The lowest BCUT2D eigenvalue weighted by Crippen LogP contribution is -2.07. The molecule has 0 aromatic heterocycles. The smallest absolute Gasteiger partial charge is 0.209 e. The van der Waals surface area contributed by atoms with Crippen molar-refractivity contribution < 1.29 is 21.6 Å². The number of hydrogen-bond acceptors (Lipinski definition) is 2. The molecule has 0 heterocycles. The summed E-state index contributed by atoms with van der Waals surface area (Å²) in [5.74, 6) is -4.94. The van der Waals surface area contributed by atoms with Crippen LogP contribution in [0.2, 0.25) is 0 Å². The Kier molecular flexibility index (Phi) is 3.13. The van der Waals surface area contributed by atoms with Gasteiger partial charge in [0.25, 0.3) is 0 Å². The van der Waals surface area contributed by atoms with Crippen LogP contribution in [0, 0.1) is 17.5 Å². The van der Waals surface area contributed by atoms with Gasteiger partial charge in [0.15, 0.2) is 17.5 Å². The molecule has 0 N–H and O–H groups in total. The van der Waals surface area contributed by atoms with E-state index in [9.17, 15) is 21.6 Å². The van der Waals surface area contributed by atoms with Crippen molar-refractivity contribution in [2.24, 2.45) is 0 Å². The molecule has 0 bridgehead atoms. The Labute approximate surface area is 102 Å². The van der Waals surface area contributed by atoms with Crippen molar-refractivity contribution in [3.05, 3.63) is 59.9 Å². The highest BCUT2D eigenvalue weighted by molar-refractivity contribution is 7.91. The average Bonchev–Trinajstić information content (AvgIpc) is 2.37. The van der Waals surface area contributed by atoms with Crippen molar-refractivity contribution in [2.45, 2.75) is 9.79 Å². The first-order valence-corrected chi connectivity index (χ1v) is 6.36. The zero-order valence-electron chi connectivity index (χ0n) is 8.90. The monoisotopic (exact) mass is 272 g/mol. The third-order valence-corrected chi connectivity index (χ3v) is 4.13. The summed E-state index contributed by atoms with van der Waals surface area (Å²) < 4.78 is 63.2. The van der Waals surface area contributed by atoms with Gasteiger partial charge in [0.1, 0.15) is 4.90 Å². The van der Waals surface area contributed by atoms with Gasteiger partial charge in [-0.1, -0.05) is 18.2 Å². The Morgan fingerprint density at radius 3 is 2.00 bits per heavy atom. The second-order valence-corrected chi connectivity index (χ2v) is 5.41. The summed E-state index contributed by atoms with van der Waals surface area (Å²) >= 11 is 0. The fourth-order valence-electron chi connectivity index (χ4n) is 1.44. The van der Waals surface area contributed by atoms with Crippen LogP contribution in [0.15, 0.2) is 52.3 Å². The van der Waals surface area contributed by atoms with E-state index in [1.165, 1.54) is 24.3 Å². The zero-order valence-corrected chi connectivity index (χ0v) is 9.72. The van der Waals surface area contributed by atoms with Crippen LogP contribution in [0.1, 0.15) is 0 Å².